The molecule has 0 aromatic heterocycles. The summed E-state index contributed by atoms with van der Waals surface area (Å²) in [6, 6.07) is 14.2. The maximum atomic E-state index is 12.1. The minimum atomic E-state index is -3.60. The number of hydrogen-bond acceptors (Lipinski definition) is 4. The van der Waals surface area contributed by atoms with Crippen LogP contribution < -0.4 is 14.2 Å². The van der Waals surface area contributed by atoms with Crippen molar-refractivity contribution in [3.8, 4) is 11.5 Å². The van der Waals surface area contributed by atoms with Crippen LogP contribution in [0.4, 0.5) is 5.69 Å². The fraction of sp³-hybridized carbons (Fsp3) is 0.176. The second-order valence-corrected chi connectivity index (χ2v) is 6.64. The molecule has 1 heterocycles. The van der Waals surface area contributed by atoms with Crippen LogP contribution in [0.5, 0.6) is 11.5 Å². The first-order valence-corrected chi connectivity index (χ1v) is 8.83. The molecule has 23 heavy (non-hydrogen) atoms. The number of nitrogens with one attached hydrogen (secondary N) is 1. The van der Waals surface area contributed by atoms with Crippen LogP contribution in [0, 0.1) is 0 Å². The van der Waals surface area contributed by atoms with Gasteiger partial charge >= 0.3 is 0 Å². The lowest BCUT2D eigenvalue weighted by Gasteiger charge is -2.10. The SMILES string of the molecule is O=S(=O)(/C=C/c1ccccc1)Nc1ccc2c(c1)OCCCO2. The van der Waals surface area contributed by atoms with Crippen molar-refractivity contribution >= 4 is 21.8 Å². The number of sulfonamides is 1. The Balaban J connectivity index is 1.75. The Morgan fingerprint density at radius 2 is 1.70 bits per heavy atom. The molecule has 0 atom stereocenters. The van der Waals surface area contributed by atoms with Gasteiger partial charge in [0, 0.05) is 12.5 Å². The number of anilines is 1. The smallest absolute Gasteiger partial charge is 0.255 e. The summed E-state index contributed by atoms with van der Waals surface area (Å²) in [6.07, 6.45) is 2.35. The van der Waals surface area contributed by atoms with Crippen LogP contribution in [0.15, 0.2) is 53.9 Å². The van der Waals surface area contributed by atoms with Gasteiger partial charge in [0.25, 0.3) is 10.0 Å². The molecule has 2 aromatic carbocycles. The van der Waals surface area contributed by atoms with Gasteiger partial charge in [0.15, 0.2) is 11.5 Å². The van der Waals surface area contributed by atoms with Crippen molar-refractivity contribution in [1.82, 2.24) is 0 Å². The monoisotopic (exact) mass is 331 g/mol. The molecule has 3 rings (SSSR count). The van der Waals surface area contributed by atoms with Crippen molar-refractivity contribution in [2.75, 3.05) is 17.9 Å². The number of hydrogen-bond donors (Lipinski definition) is 1. The maximum absolute atomic E-state index is 12.1. The predicted octanol–water partition coefficient (Wildman–Crippen LogP) is 3.26. The van der Waals surface area contributed by atoms with Crippen molar-refractivity contribution in [2.24, 2.45) is 0 Å². The van der Waals surface area contributed by atoms with Gasteiger partial charge in [0.05, 0.1) is 24.3 Å². The molecule has 1 N–H and O–H groups in total. The fourth-order valence-electron chi connectivity index (χ4n) is 2.16. The molecule has 0 saturated carbocycles. The van der Waals surface area contributed by atoms with E-state index < -0.39 is 10.0 Å². The molecule has 2 aromatic rings. The van der Waals surface area contributed by atoms with E-state index in [0.717, 1.165) is 17.4 Å². The lowest BCUT2D eigenvalue weighted by atomic mass is 10.2. The van der Waals surface area contributed by atoms with E-state index in [0.29, 0.717) is 30.4 Å². The zero-order valence-corrected chi connectivity index (χ0v) is 13.3. The first-order chi connectivity index (χ1) is 11.1. The van der Waals surface area contributed by atoms with Crippen LogP contribution in [0.1, 0.15) is 12.0 Å². The molecule has 0 radical (unpaired) electrons. The summed E-state index contributed by atoms with van der Waals surface area (Å²) in [7, 11) is -3.60. The molecule has 0 saturated heterocycles. The molecule has 6 heteroatoms. The Kier molecular flexibility index (Phi) is 4.52. The molecular weight excluding hydrogens is 314 g/mol. The minimum absolute atomic E-state index is 0.437. The van der Waals surface area contributed by atoms with E-state index in [9.17, 15) is 8.42 Å². The summed E-state index contributed by atoms with van der Waals surface area (Å²) in [5.41, 5.74) is 1.25. The van der Waals surface area contributed by atoms with Crippen molar-refractivity contribution in [2.45, 2.75) is 6.42 Å². The Morgan fingerprint density at radius 3 is 2.48 bits per heavy atom. The minimum Gasteiger partial charge on any atom is -0.490 e. The van der Waals surface area contributed by atoms with Crippen LogP contribution in [0.3, 0.4) is 0 Å². The van der Waals surface area contributed by atoms with Crippen LogP contribution in [0.25, 0.3) is 6.08 Å². The summed E-state index contributed by atoms with van der Waals surface area (Å²) >= 11 is 0. The summed E-state index contributed by atoms with van der Waals surface area (Å²) < 4.78 is 37.9. The second-order valence-electron chi connectivity index (χ2n) is 5.07. The third-order valence-electron chi connectivity index (χ3n) is 3.25. The van der Waals surface area contributed by atoms with E-state index in [4.69, 9.17) is 9.47 Å². The van der Waals surface area contributed by atoms with E-state index in [1.54, 1.807) is 24.3 Å². The largest absolute Gasteiger partial charge is 0.490 e. The highest BCUT2D eigenvalue weighted by Crippen LogP contribution is 2.32. The molecule has 1 aliphatic heterocycles. The highest BCUT2D eigenvalue weighted by Gasteiger charge is 2.13. The molecule has 120 valence electrons. The van der Waals surface area contributed by atoms with Gasteiger partial charge in [-0.15, -0.1) is 0 Å². The summed E-state index contributed by atoms with van der Waals surface area (Å²) in [5, 5.41) is 1.14. The third kappa shape index (κ3) is 4.26. The summed E-state index contributed by atoms with van der Waals surface area (Å²) in [5.74, 6) is 1.18. The van der Waals surface area contributed by atoms with Gasteiger partial charge in [-0.05, 0) is 23.8 Å². The number of fused-ring (bicyclic) bond motifs is 1. The van der Waals surface area contributed by atoms with E-state index in [1.807, 2.05) is 30.3 Å². The van der Waals surface area contributed by atoms with Crippen molar-refractivity contribution in [1.29, 1.82) is 0 Å². The highest BCUT2D eigenvalue weighted by molar-refractivity contribution is 7.95. The molecule has 0 amide bonds. The summed E-state index contributed by atoms with van der Waals surface area (Å²) in [4.78, 5) is 0. The molecular formula is C17H17NO4S. The van der Waals surface area contributed by atoms with Crippen LogP contribution in [0.2, 0.25) is 0 Å². The highest BCUT2D eigenvalue weighted by atomic mass is 32.2. The Hall–Kier alpha value is -2.47. The van der Waals surface area contributed by atoms with Gasteiger partial charge in [0.2, 0.25) is 0 Å². The molecule has 0 bridgehead atoms. The normalized spacial score (nSPS) is 14.4. The van der Waals surface area contributed by atoms with Crippen LogP contribution in [-0.4, -0.2) is 21.6 Å². The topological polar surface area (TPSA) is 64.6 Å². The predicted molar refractivity (Wildman–Crippen MR) is 90.1 cm³/mol. The first kappa shape index (κ1) is 15.4. The molecule has 0 unspecified atom stereocenters. The second kappa shape index (κ2) is 6.75. The Morgan fingerprint density at radius 1 is 0.957 bits per heavy atom. The fourth-order valence-corrected chi connectivity index (χ4v) is 3.02. The van der Waals surface area contributed by atoms with Crippen molar-refractivity contribution in [3.63, 3.8) is 0 Å². The van der Waals surface area contributed by atoms with E-state index in [1.165, 1.54) is 0 Å². The van der Waals surface area contributed by atoms with Crippen molar-refractivity contribution in [3.05, 3.63) is 59.5 Å². The number of benzene rings is 2. The van der Waals surface area contributed by atoms with Gasteiger partial charge < -0.3 is 9.47 Å². The molecule has 0 spiro atoms. The average Bonchev–Trinajstić information content (AvgIpc) is 2.78. The summed E-state index contributed by atoms with van der Waals surface area (Å²) in [6.45, 7) is 1.15. The number of ether oxygens (including phenoxy) is 2. The average molecular weight is 331 g/mol. The molecule has 5 nitrogen and oxygen atoms in total. The zero-order chi connectivity index (χ0) is 16.1. The molecule has 1 aliphatic rings. The third-order valence-corrected chi connectivity index (χ3v) is 4.26. The number of rotatable bonds is 4. The van der Waals surface area contributed by atoms with Gasteiger partial charge in [-0.3, -0.25) is 4.72 Å². The standard InChI is InChI=1S/C17H17NO4S/c19-23(20,12-9-14-5-2-1-3-6-14)18-15-7-8-16-17(13-15)22-11-4-10-21-16/h1-3,5-9,12-13,18H,4,10-11H2/b12-9+. The van der Waals surface area contributed by atoms with Gasteiger partial charge in [-0.2, -0.15) is 0 Å². The van der Waals surface area contributed by atoms with E-state index in [2.05, 4.69) is 4.72 Å². The van der Waals surface area contributed by atoms with Gasteiger partial charge in [-0.1, -0.05) is 30.3 Å². The first-order valence-electron chi connectivity index (χ1n) is 7.28. The van der Waals surface area contributed by atoms with Crippen LogP contribution in [-0.2, 0) is 10.0 Å². The lowest BCUT2D eigenvalue weighted by molar-refractivity contribution is 0.297. The maximum Gasteiger partial charge on any atom is 0.255 e. The molecule has 0 fully saturated rings. The quantitative estimate of drug-likeness (QED) is 0.934. The molecule has 0 aliphatic carbocycles. The van der Waals surface area contributed by atoms with E-state index in [-0.39, 0.29) is 0 Å². The van der Waals surface area contributed by atoms with E-state index >= 15 is 0 Å². The van der Waals surface area contributed by atoms with Gasteiger partial charge in [0.1, 0.15) is 0 Å². The van der Waals surface area contributed by atoms with Gasteiger partial charge in [-0.25, -0.2) is 8.42 Å². The Bertz CT molecular complexity index is 801. The van der Waals surface area contributed by atoms with Crippen molar-refractivity contribution < 1.29 is 17.9 Å². The van der Waals surface area contributed by atoms with Crippen LogP contribution >= 0.6 is 0 Å². The Labute approximate surface area is 135 Å². The lowest BCUT2D eigenvalue weighted by Crippen LogP contribution is -2.09. The zero-order valence-electron chi connectivity index (χ0n) is 12.4.